The maximum absolute atomic E-state index is 13.2. The monoisotopic (exact) mass is 421 g/mol. The molecule has 2 heterocycles. The summed E-state index contributed by atoms with van der Waals surface area (Å²) in [5.41, 5.74) is 0.792. The van der Waals surface area contributed by atoms with Gasteiger partial charge in [0.05, 0.1) is 20.8 Å². The first-order valence-corrected chi connectivity index (χ1v) is 10.9. The van der Waals surface area contributed by atoms with E-state index in [-0.39, 0.29) is 10.8 Å². The number of rotatable bonds is 8. The number of sulfonamides is 1. The summed E-state index contributed by atoms with van der Waals surface area (Å²) in [6.45, 7) is 2.39. The number of ether oxygens (including phenoxy) is 2. The number of nitrogens with zero attached hydrogens (tertiary/aromatic N) is 3. The second-order valence-corrected chi connectivity index (χ2v) is 9.32. The van der Waals surface area contributed by atoms with Crippen molar-refractivity contribution in [2.24, 2.45) is 7.05 Å². The van der Waals surface area contributed by atoms with Crippen molar-refractivity contribution < 1.29 is 17.9 Å². The van der Waals surface area contributed by atoms with Crippen LogP contribution in [-0.4, -0.2) is 43.0 Å². The van der Waals surface area contributed by atoms with Crippen molar-refractivity contribution in [2.75, 3.05) is 20.8 Å². The molecule has 0 amide bonds. The van der Waals surface area contributed by atoms with Gasteiger partial charge in [0.25, 0.3) is 10.0 Å². The van der Waals surface area contributed by atoms with E-state index in [0.29, 0.717) is 23.9 Å². The molecule has 0 bridgehead atoms. The third kappa shape index (κ3) is 3.91. The third-order valence-corrected chi connectivity index (χ3v) is 7.95. The summed E-state index contributed by atoms with van der Waals surface area (Å²) >= 11 is 1.21. The summed E-state index contributed by atoms with van der Waals surface area (Å²) < 4.78 is 40.6. The Bertz CT molecular complexity index is 1060. The van der Waals surface area contributed by atoms with Gasteiger partial charge in [-0.2, -0.15) is 4.31 Å². The molecule has 0 radical (unpaired) electrons. The molecule has 0 saturated heterocycles. The van der Waals surface area contributed by atoms with Gasteiger partial charge in [-0.25, -0.2) is 13.4 Å². The Labute approximate surface area is 169 Å². The zero-order valence-corrected chi connectivity index (χ0v) is 17.9. The van der Waals surface area contributed by atoms with Gasteiger partial charge in [-0.05, 0) is 30.3 Å². The molecule has 7 nitrogen and oxygen atoms in total. The quantitative estimate of drug-likeness (QED) is 0.557. The van der Waals surface area contributed by atoms with Crippen LogP contribution in [0.5, 0.6) is 11.5 Å². The first-order valence-electron chi connectivity index (χ1n) is 8.69. The van der Waals surface area contributed by atoms with Crippen molar-refractivity contribution in [3.63, 3.8) is 0 Å². The van der Waals surface area contributed by atoms with Gasteiger partial charge in [-0.15, -0.1) is 11.3 Å². The number of benzene rings is 1. The molecule has 9 heteroatoms. The maximum atomic E-state index is 13.2. The lowest BCUT2D eigenvalue weighted by Gasteiger charge is -2.19. The molecule has 2 aromatic heterocycles. The first-order chi connectivity index (χ1) is 13.4. The van der Waals surface area contributed by atoms with Gasteiger partial charge < -0.3 is 14.0 Å². The predicted octanol–water partition coefficient (Wildman–Crippen LogP) is 3.38. The smallest absolute Gasteiger partial charge is 0.252 e. The summed E-state index contributed by atoms with van der Waals surface area (Å²) in [6.07, 6.45) is 3.46. The van der Waals surface area contributed by atoms with Crippen LogP contribution in [0.1, 0.15) is 12.7 Å². The van der Waals surface area contributed by atoms with E-state index in [2.05, 4.69) is 4.98 Å². The van der Waals surface area contributed by atoms with Crippen molar-refractivity contribution in [1.29, 1.82) is 0 Å². The molecule has 3 aromatic rings. The molecule has 0 aliphatic heterocycles. The molecule has 0 aliphatic carbocycles. The highest BCUT2D eigenvalue weighted by atomic mass is 32.2. The van der Waals surface area contributed by atoms with Crippen molar-refractivity contribution in [2.45, 2.75) is 17.7 Å². The van der Waals surface area contributed by atoms with E-state index in [4.69, 9.17) is 9.47 Å². The molecule has 28 heavy (non-hydrogen) atoms. The number of aryl methyl sites for hydroxylation is 1. The molecule has 1 aromatic carbocycles. The van der Waals surface area contributed by atoms with Gasteiger partial charge >= 0.3 is 0 Å². The summed E-state index contributed by atoms with van der Waals surface area (Å²) in [6, 6.07) is 8.88. The molecule has 0 saturated carbocycles. The Morgan fingerprint density at radius 1 is 1.18 bits per heavy atom. The highest BCUT2D eigenvalue weighted by Crippen LogP contribution is 2.39. The molecule has 0 spiro atoms. The summed E-state index contributed by atoms with van der Waals surface area (Å²) in [4.78, 5) is 5.03. The van der Waals surface area contributed by atoms with Crippen LogP contribution in [-0.2, 0) is 23.6 Å². The number of hydrogen-bond donors (Lipinski definition) is 0. The molecule has 0 unspecified atom stereocenters. The number of imidazole rings is 1. The third-order valence-electron chi connectivity index (χ3n) is 4.44. The van der Waals surface area contributed by atoms with Crippen molar-refractivity contribution in [1.82, 2.24) is 13.9 Å². The number of thiophene rings is 1. The van der Waals surface area contributed by atoms with E-state index >= 15 is 0 Å². The van der Waals surface area contributed by atoms with Crippen LogP contribution in [0.15, 0.2) is 46.9 Å². The molecule has 0 aliphatic rings. The summed E-state index contributed by atoms with van der Waals surface area (Å²) in [7, 11) is 1.38. The van der Waals surface area contributed by atoms with Crippen molar-refractivity contribution in [3.05, 3.63) is 48.5 Å². The lowest BCUT2D eigenvalue weighted by molar-refractivity contribution is 0.404. The zero-order chi connectivity index (χ0) is 20.3. The fraction of sp³-hybridized carbons (Fsp3) is 0.316. The molecular weight excluding hydrogens is 398 g/mol. The SMILES string of the molecule is CCN(Cc1nccn1C)S(=O)(=O)c1ccc(-c2cc(OC)ccc2OC)s1. The van der Waals surface area contributed by atoms with E-state index in [9.17, 15) is 8.42 Å². The van der Waals surface area contributed by atoms with E-state index < -0.39 is 10.0 Å². The van der Waals surface area contributed by atoms with Crippen LogP contribution in [0.25, 0.3) is 10.4 Å². The van der Waals surface area contributed by atoms with Gasteiger partial charge in [0.1, 0.15) is 21.5 Å². The zero-order valence-electron chi connectivity index (χ0n) is 16.2. The molecule has 3 rings (SSSR count). The van der Waals surface area contributed by atoms with Crippen LogP contribution in [0.4, 0.5) is 0 Å². The highest BCUT2D eigenvalue weighted by molar-refractivity contribution is 7.91. The van der Waals surface area contributed by atoms with Gasteiger partial charge in [0.2, 0.25) is 0 Å². The Morgan fingerprint density at radius 2 is 1.96 bits per heavy atom. The largest absolute Gasteiger partial charge is 0.497 e. The Hall–Kier alpha value is -2.36. The van der Waals surface area contributed by atoms with Crippen LogP contribution in [0.3, 0.4) is 0 Å². The standard InChI is InChI=1S/C19H23N3O4S2/c1-5-22(13-18-20-10-11-21(18)2)28(23,24)19-9-8-17(27-19)15-12-14(25-3)6-7-16(15)26-4/h6-12H,5,13H2,1-4H3. The normalized spacial score (nSPS) is 11.8. The maximum Gasteiger partial charge on any atom is 0.252 e. The molecule has 150 valence electrons. The van der Waals surface area contributed by atoms with Crippen LogP contribution >= 0.6 is 11.3 Å². The van der Waals surface area contributed by atoms with Crippen LogP contribution < -0.4 is 9.47 Å². The van der Waals surface area contributed by atoms with Crippen LogP contribution in [0.2, 0.25) is 0 Å². The average molecular weight is 422 g/mol. The topological polar surface area (TPSA) is 73.7 Å². The Balaban J connectivity index is 1.95. The molecule has 0 atom stereocenters. The van der Waals surface area contributed by atoms with E-state index in [0.717, 1.165) is 10.4 Å². The minimum absolute atomic E-state index is 0.220. The average Bonchev–Trinajstić information content (AvgIpc) is 3.35. The molecular formula is C19H23N3O4S2. The van der Waals surface area contributed by atoms with E-state index in [1.165, 1.54) is 15.6 Å². The Morgan fingerprint density at radius 3 is 2.57 bits per heavy atom. The van der Waals surface area contributed by atoms with Gasteiger partial charge in [0, 0.05) is 36.4 Å². The van der Waals surface area contributed by atoms with Crippen molar-refractivity contribution >= 4 is 21.4 Å². The fourth-order valence-electron chi connectivity index (χ4n) is 2.81. The van der Waals surface area contributed by atoms with Gasteiger partial charge in [-0.1, -0.05) is 6.92 Å². The lowest BCUT2D eigenvalue weighted by atomic mass is 10.1. The highest BCUT2D eigenvalue weighted by Gasteiger charge is 2.27. The lowest BCUT2D eigenvalue weighted by Crippen LogP contribution is -2.31. The number of hydrogen-bond acceptors (Lipinski definition) is 6. The second kappa shape index (κ2) is 8.34. The number of aromatic nitrogens is 2. The predicted molar refractivity (Wildman–Crippen MR) is 109 cm³/mol. The van der Waals surface area contributed by atoms with E-state index in [1.807, 2.05) is 30.7 Å². The molecule has 0 fully saturated rings. The molecule has 0 N–H and O–H groups in total. The summed E-state index contributed by atoms with van der Waals surface area (Å²) in [5.74, 6) is 2.03. The number of methoxy groups -OCH3 is 2. The fourth-order valence-corrected chi connectivity index (χ4v) is 5.70. The summed E-state index contributed by atoms with van der Waals surface area (Å²) in [5, 5.41) is 0. The first kappa shape index (κ1) is 20.4. The van der Waals surface area contributed by atoms with Crippen LogP contribution in [0, 0.1) is 0 Å². The van der Waals surface area contributed by atoms with E-state index in [1.54, 1.807) is 44.8 Å². The van der Waals surface area contributed by atoms with Crippen molar-refractivity contribution in [3.8, 4) is 21.9 Å². The second-order valence-electron chi connectivity index (χ2n) is 6.07. The minimum atomic E-state index is -3.64. The van der Waals surface area contributed by atoms with Gasteiger partial charge in [-0.3, -0.25) is 0 Å². The Kier molecular flexibility index (Phi) is 6.07. The minimum Gasteiger partial charge on any atom is -0.497 e. The van der Waals surface area contributed by atoms with Gasteiger partial charge in [0.15, 0.2) is 0 Å².